The Morgan fingerprint density at radius 2 is 2.03 bits per heavy atom. The van der Waals surface area contributed by atoms with Gasteiger partial charge in [0.15, 0.2) is 18.3 Å². The predicted molar refractivity (Wildman–Crippen MR) is 131 cm³/mol. The Bertz CT molecular complexity index is 1450. The summed E-state index contributed by atoms with van der Waals surface area (Å²) in [7, 11) is 1.59. The van der Waals surface area contributed by atoms with Crippen LogP contribution in [0.2, 0.25) is 0 Å². The number of amidine groups is 1. The van der Waals surface area contributed by atoms with Crippen molar-refractivity contribution in [3.8, 4) is 17.4 Å². The van der Waals surface area contributed by atoms with Crippen LogP contribution in [0.5, 0.6) is 11.5 Å². The van der Waals surface area contributed by atoms with E-state index in [0.717, 1.165) is 21.4 Å². The molecule has 1 aliphatic rings. The highest BCUT2D eigenvalue weighted by Crippen LogP contribution is 2.42. The van der Waals surface area contributed by atoms with Crippen molar-refractivity contribution in [2.45, 2.75) is 25.4 Å². The number of hydrogen-bond donors (Lipinski definition) is 3. The Kier molecular flexibility index (Phi) is 6.21. The standard InChI is InChI=1S/C25H25N7O4/c1-14-18-11-17(12-20(34-2)21(18)36-13-35-14)19(10-15-4-6-16(7-5-15)22(26)27)23-30-25(33)32(31-23)24-28-8-3-9-29-24/h3-9,11-12,14,19H,10,13H2,1-2H3,(H3,26,27)(H,30,31,33). The van der Waals surface area contributed by atoms with Crippen LogP contribution in [-0.4, -0.2) is 44.5 Å². The lowest BCUT2D eigenvalue weighted by Gasteiger charge is -2.27. The second-order valence-electron chi connectivity index (χ2n) is 8.36. The van der Waals surface area contributed by atoms with Crippen LogP contribution < -0.4 is 20.9 Å². The van der Waals surface area contributed by atoms with Crippen LogP contribution in [0.1, 0.15) is 47.0 Å². The fraction of sp³-hybridized carbons (Fsp3) is 0.240. The lowest BCUT2D eigenvalue weighted by molar-refractivity contribution is -0.0525. The second-order valence-corrected chi connectivity index (χ2v) is 8.36. The molecule has 0 aliphatic carbocycles. The first-order chi connectivity index (χ1) is 17.4. The van der Waals surface area contributed by atoms with E-state index in [-0.39, 0.29) is 30.6 Å². The molecule has 4 N–H and O–H groups in total. The zero-order valence-corrected chi connectivity index (χ0v) is 19.8. The second kappa shape index (κ2) is 9.62. The molecule has 0 saturated heterocycles. The minimum absolute atomic E-state index is 0.00237. The topological polar surface area (TPSA) is 154 Å². The van der Waals surface area contributed by atoms with E-state index in [1.54, 1.807) is 37.7 Å². The largest absolute Gasteiger partial charge is 0.493 e. The number of nitrogens with two attached hydrogens (primary N) is 1. The van der Waals surface area contributed by atoms with Gasteiger partial charge in [0.25, 0.3) is 5.95 Å². The molecular formula is C25H25N7O4. The number of nitrogens with zero attached hydrogens (tertiary/aromatic N) is 4. The first kappa shape index (κ1) is 23.2. The molecule has 5 rings (SSSR count). The lowest BCUT2D eigenvalue weighted by Crippen LogP contribution is -2.18. The summed E-state index contributed by atoms with van der Waals surface area (Å²) >= 11 is 0. The number of rotatable bonds is 7. The Hall–Kier alpha value is -4.51. The molecule has 2 atom stereocenters. The average molecular weight is 488 g/mol. The molecule has 3 heterocycles. The number of H-pyrrole nitrogens is 1. The van der Waals surface area contributed by atoms with Gasteiger partial charge in [-0.3, -0.25) is 10.4 Å². The maximum absolute atomic E-state index is 12.8. The smallest absolute Gasteiger partial charge is 0.350 e. The molecule has 2 aromatic carbocycles. The van der Waals surface area contributed by atoms with E-state index in [1.807, 2.05) is 31.2 Å². The van der Waals surface area contributed by atoms with Gasteiger partial charge < -0.3 is 19.9 Å². The number of aromatic nitrogens is 5. The van der Waals surface area contributed by atoms with Gasteiger partial charge in [-0.25, -0.2) is 14.8 Å². The van der Waals surface area contributed by atoms with Gasteiger partial charge in [0.1, 0.15) is 11.7 Å². The highest BCUT2D eigenvalue weighted by molar-refractivity contribution is 5.94. The van der Waals surface area contributed by atoms with Crippen molar-refractivity contribution in [1.29, 1.82) is 5.41 Å². The Morgan fingerprint density at radius 3 is 2.72 bits per heavy atom. The van der Waals surface area contributed by atoms with Crippen LogP contribution in [0.25, 0.3) is 5.95 Å². The third-order valence-electron chi connectivity index (χ3n) is 6.10. The molecule has 0 radical (unpaired) electrons. The number of methoxy groups -OCH3 is 1. The van der Waals surface area contributed by atoms with Gasteiger partial charge in [0.2, 0.25) is 0 Å². The Balaban J connectivity index is 1.62. The molecule has 11 nitrogen and oxygen atoms in total. The molecule has 2 aromatic heterocycles. The van der Waals surface area contributed by atoms with E-state index in [4.69, 9.17) is 25.4 Å². The maximum Gasteiger partial charge on any atom is 0.350 e. The van der Waals surface area contributed by atoms with Crippen LogP contribution in [0.4, 0.5) is 0 Å². The monoisotopic (exact) mass is 487 g/mol. The fourth-order valence-corrected chi connectivity index (χ4v) is 4.20. The van der Waals surface area contributed by atoms with Crippen molar-refractivity contribution in [2.24, 2.45) is 5.73 Å². The molecule has 1 aliphatic heterocycles. The van der Waals surface area contributed by atoms with Crippen LogP contribution >= 0.6 is 0 Å². The van der Waals surface area contributed by atoms with E-state index in [1.165, 1.54) is 0 Å². The fourth-order valence-electron chi connectivity index (χ4n) is 4.20. The molecule has 0 amide bonds. The predicted octanol–water partition coefficient (Wildman–Crippen LogP) is 2.45. The number of nitrogens with one attached hydrogen (secondary N) is 2. The molecule has 11 heteroatoms. The van der Waals surface area contributed by atoms with Crippen LogP contribution in [0.15, 0.2) is 59.7 Å². The first-order valence-electron chi connectivity index (χ1n) is 11.3. The van der Waals surface area contributed by atoms with Gasteiger partial charge in [0, 0.05) is 29.4 Å². The molecule has 0 bridgehead atoms. The van der Waals surface area contributed by atoms with E-state index in [9.17, 15) is 4.79 Å². The number of ether oxygens (including phenoxy) is 3. The molecule has 4 aromatic rings. The van der Waals surface area contributed by atoms with Crippen LogP contribution in [-0.2, 0) is 11.2 Å². The number of hydrogen-bond acceptors (Lipinski definition) is 8. The minimum atomic E-state index is -0.446. The van der Waals surface area contributed by atoms with Gasteiger partial charge in [-0.05, 0) is 42.7 Å². The van der Waals surface area contributed by atoms with Crippen molar-refractivity contribution in [2.75, 3.05) is 13.9 Å². The van der Waals surface area contributed by atoms with Gasteiger partial charge in [-0.1, -0.05) is 24.3 Å². The number of nitrogen functional groups attached to an aromatic ring is 1. The Morgan fingerprint density at radius 1 is 1.28 bits per heavy atom. The molecule has 36 heavy (non-hydrogen) atoms. The normalized spacial score (nSPS) is 15.6. The summed E-state index contributed by atoms with van der Waals surface area (Å²) in [6.07, 6.45) is 3.39. The summed E-state index contributed by atoms with van der Waals surface area (Å²) in [5.74, 6) is 1.46. The van der Waals surface area contributed by atoms with Gasteiger partial charge in [-0.15, -0.1) is 9.78 Å². The number of fused-ring (bicyclic) bond motifs is 1. The molecule has 0 fully saturated rings. The first-order valence-corrected chi connectivity index (χ1v) is 11.3. The molecule has 0 saturated carbocycles. The van der Waals surface area contributed by atoms with Gasteiger partial charge >= 0.3 is 5.69 Å². The highest BCUT2D eigenvalue weighted by Gasteiger charge is 2.28. The average Bonchev–Trinajstić information content (AvgIpc) is 3.29. The van der Waals surface area contributed by atoms with E-state index in [2.05, 4.69) is 20.1 Å². The molecule has 184 valence electrons. The van der Waals surface area contributed by atoms with E-state index < -0.39 is 5.69 Å². The van der Waals surface area contributed by atoms with Crippen molar-refractivity contribution < 1.29 is 14.2 Å². The quantitative estimate of drug-likeness (QED) is 0.265. The summed E-state index contributed by atoms with van der Waals surface area (Å²) in [6, 6.07) is 13.0. The van der Waals surface area contributed by atoms with Crippen molar-refractivity contribution in [3.05, 3.63) is 93.4 Å². The van der Waals surface area contributed by atoms with Crippen molar-refractivity contribution >= 4 is 5.84 Å². The Labute approximate surface area is 206 Å². The summed E-state index contributed by atoms with van der Waals surface area (Å²) in [4.78, 5) is 24.0. The zero-order chi connectivity index (χ0) is 25.2. The third kappa shape index (κ3) is 4.43. The lowest BCUT2D eigenvalue weighted by atomic mass is 9.88. The van der Waals surface area contributed by atoms with Crippen LogP contribution in [0, 0.1) is 5.41 Å². The summed E-state index contributed by atoms with van der Waals surface area (Å²) in [6.45, 7) is 2.09. The highest BCUT2D eigenvalue weighted by atomic mass is 16.7. The summed E-state index contributed by atoms with van der Waals surface area (Å²) in [5.41, 5.74) is 8.47. The minimum Gasteiger partial charge on any atom is -0.493 e. The van der Waals surface area contributed by atoms with Gasteiger partial charge in [-0.2, -0.15) is 0 Å². The number of aromatic amines is 1. The van der Waals surface area contributed by atoms with E-state index in [0.29, 0.717) is 29.3 Å². The summed E-state index contributed by atoms with van der Waals surface area (Å²) in [5, 5.41) is 12.2. The summed E-state index contributed by atoms with van der Waals surface area (Å²) < 4.78 is 18.2. The molecular weight excluding hydrogens is 462 g/mol. The van der Waals surface area contributed by atoms with Crippen molar-refractivity contribution in [1.82, 2.24) is 24.7 Å². The molecule has 0 spiro atoms. The number of benzene rings is 2. The van der Waals surface area contributed by atoms with E-state index >= 15 is 0 Å². The maximum atomic E-state index is 12.8. The van der Waals surface area contributed by atoms with Crippen LogP contribution in [0.3, 0.4) is 0 Å². The van der Waals surface area contributed by atoms with Gasteiger partial charge in [0.05, 0.1) is 13.2 Å². The SMILES string of the molecule is COc1cc(C(Cc2ccc(C(=N)N)cc2)c2nn(-c3ncccn3)c(=O)[nH]2)cc2c1OCOC2C. The zero-order valence-electron chi connectivity index (χ0n) is 19.8. The van der Waals surface area contributed by atoms with Crippen molar-refractivity contribution in [3.63, 3.8) is 0 Å². The molecule has 2 unspecified atom stereocenters. The third-order valence-corrected chi connectivity index (χ3v) is 6.10.